The number of fused-ring (bicyclic) bond motifs is 2. The molecule has 8 nitrogen and oxygen atoms in total. The maximum Gasteiger partial charge on any atom is 0.340 e. The van der Waals surface area contributed by atoms with E-state index in [1.807, 2.05) is 12.1 Å². The summed E-state index contributed by atoms with van der Waals surface area (Å²) in [6, 6.07) is 17.2. The largest absolute Gasteiger partial charge is 0.497 e. The molecule has 0 radical (unpaired) electrons. The first-order chi connectivity index (χ1) is 14.9. The summed E-state index contributed by atoms with van der Waals surface area (Å²) >= 11 is 0. The fourth-order valence-electron chi connectivity index (χ4n) is 4.80. The Morgan fingerprint density at radius 2 is 1.77 bits per heavy atom. The monoisotopic (exact) mass is 414 g/mol. The number of carbonyl (C=O) groups excluding carboxylic acids is 2. The highest BCUT2D eigenvalue weighted by Gasteiger charge is 2.80. The lowest BCUT2D eigenvalue weighted by Crippen LogP contribution is -2.63. The molecule has 2 aromatic rings. The van der Waals surface area contributed by atoms with E-state index in [-0.39, 0.29) is 0 Å². The third-order valence-corrected chi connectivity index (χ3v) is 6.21. The third kappa shape index (κ3) is 2.09. The molecule has 0 aliphatic carbocycles. The summed E-state index contributed by atoms with van der Waals surface area (Å²) in [5.74, 6) is -0.962. The molecular weight excluding hydrogens is 396 g/mol. The molecule has 2 aromatic carbocycles. The Kier molecular flexibility index (Phi) is 4.33. The highest BCUT2D eigenvalue weighted by atomic mass is 16.5. The highest BCUT2D eigenvalue weighted by molar-refractivity contribution is 6.18. The van der Waals surface area contributed by atoms with Crippen molar-refractivity contribution in [2.75, 3.05) is 26.2 Å². The van der Waals surface area contributed by atoms with Gasteiger partial charge in [-0.25, -0.2) is 4.79 Å². The van der Waals surface area contributed by atoms with Gasteiger partial charge in [0.15, 0.2) is 10.8 Å². The predicted octanol–water partition coefficient (Wildman–Crippen LogP) is 2.10. The number of hydrogen-bond acceptors (Lipinski definition) is 7. The van der Waals surface area contributed by atoms with Crippen molar-refractivity contribution in [2.45, 2.75) is 11.0 Å². The first-order valence-electron chi connectivity index (χ1n) is 9.39. The summed E-state index contributed by atoms with van der Waals surface area (Å²) in [4.78, 5) is 33.2. The maximum atomic E-state index is 14.0. The number of aliphatic imine (C=N–C) groups is 1. The van der Waals surface area contributed by atoms with Gasteiger partial charge >= 0.3 is 5.97 Å². The zero-order chi connectivity index (χ0) is 22.4. The quantitative estimate of drug-likeness (QED) is 0.710. The number of likely N-dealkylation sites (N-methyl/N-ethyl adjacent to an activating group) is 1. The molecule has 4 rings (SSSR count). The molecule has 2 heterocycles. The number of ether oxygens (including phenoxy) is 2. The highest BCUT2D eigenvalue weighted by Crippen LogP contribution is 2.64. The number of hydrogen-bond donors (Lipinski definition) is 0. The summed E-state index contributed by atoms with van der Waals surface area (Å²) < 4.78 is 10.4. The smallest absolute Gasteiger partial charge is 0.340 e. The first kappa shape index (κ1) is 20.1. The molecule has 2 aliphatic rings. The molecule has 1 spiro atoms. The van der Waals surface area contributed by atoms with Gasteiger partial charge in [-0.3, -0.25) is 9.79 Å². The standard InChI is InChI=1S/C23H18N4O4/c1-27-18-11-16(30-2)9-10-17(18)22(19(27)28)21(12-24,13-25)14-26-23(22,20(29)31-3)15-7-5-4-6-8-15/h4-11,14H,1-3H3/t22-,23-/m1/s1. The van der Waals surface area contributed by atoms with Gasteiger partial charge in [-0.2, -0.15) is 10.5 Å². The number of benzene rings is 2. The molecule has 0 saturated heterocycles. The van der Waals surface area contributed by atoms with Crippen molar-refractivity contribution in [1.82, 2.24) is 0 Å². The van der Waals surface area contributed by atoms with Gasteiger partial charge in [-0.1, -0.05) is 36.4 Å². The van der Waals surface area contributed by atoms with Crippen LogP contribution in [0.15, 0.2) is 53.5 Å². The minimum atomic E-state index is -2.05. The van der Waals surface area contributed by atoms with E-state index in [4.69, 9.17) is 9.47 Å². The topological polar surface area (TPSA) is 116 Å². The Hall–Kier alpha value is -4.17. The van der Waals surface area contributed by atoms with Gasteiger partial charge < -0.3 is 14.4 Å². The van der Waals surface area contributed by atoms with E-state index >= 15 is 0 Å². The van der Waals surface area contributed by atoms with Crippen LogP contribution in [-0.4, -0.2) is 39.4 Å². The molecule has 8 heteroatoms. The summed E-state index contributed by atoms with van der Waals surface area (Å²) in [5, 5.41) is 20.4. The summed E-state index contributed by atoms with van der Waals surface area (Å²) in [6.07, 6.45) is 1.11. The molecule has 2 aliphatic heterocycles. The molecule has 154 valence electrons. The van der Waals surface area contributed by atoms with Gasteiger partial charge in [0.05, 0.1) is 32.0 Å². The normalized spacial score (nSPS) is 25.1. The van der Waals surface area contributed by atoms with Gasteiger partial charge in [0.25, 0.3) is 0 Å². The first-order valence-corrected chi connectivity index (χ1v) is 9.39. The van der Waals surface area contributed by atoms with Crippen molar-refractivity contribution < 1.29 is 19.1 Å². The zero-order valence-electron chi connectivity index (χ0n) is 17.1. The maximum absolute atomic E-state index is 14.0. The number of nitrogens with zero attached hydrogens (tertiary/aromatic N) is 4. The predicted molar refractivity (Wildman–Crippen MR) is 110 cm³/mol. The second-order valence-electron chi connectivity index (χ2n) is 7.36. The lowest BCUT2D eigenvalue weighted by molar-refractivity contribution is -0.154. The van der Waals surface area contributed by atoms with Crippen LogP contribution in [0.3, 0.4) is 0 Å². The van der Waals surface area contributed by atoms with Gasteiger partial charge in [-0.05, 0) is 17.2 Å². The number of nitriles is 2. The second-order valence-corrected chi connectivity index (χ2v) is 7.36. The number of methoxy groups -OCH3 is 2. The van der Waals surface area contributed by atoms with E-state index in [0.717, 1.165) is 6.21 Å². The van der Waals surface area contributed by atoms with Crippen molar-refractivity contribution in [2.24, 2.45) is 10.4 Å². The van der Waals surface area contributed by atoms with Gasteiger partial charge in [-0.15, -0.1) is 0 Å². The fraction of sp³-hybridized carbons (Fsp3) is 0.261. The van der Waals surface area contributed by atoms with Crippen LogP contribution in [0.4, 0.5) is 5.69 Å². The molecule has 0 bridgehead atoms. The molecule has 2 atom stereocenters. The number of carbonyl (C=O) groups is 2. The molecular formula is C23H18N4O4. The van der Waals surface area contributed by atoms with Crippen LogP contribution in [0.5, 0.6) is 5.75 Å². The average Bonchev–Trinajstić information content (AvgIpc) is 3.26. The lowest BCUT2D eigenvalue weighted by atomic mass is 9.53. The van der Waals surface area contributed by atoms with E-state index in [1.165, 1.54) is 26.2 Å². The molecule has 0 aromatic heterocycles. The molecule has 0 fully saturated rings. The van der Waals surface area contributed by atoms with Crippen molar-refractivity contribution in [3.63, 3.8) is 0 Å². The average molecular weight is 414 g/mol. The van der Waals surface area contributed by atoms with E-state index in [9.17, 15) is 20.1 Å². The van der Waals surface area contributed by atoms with Crippen molar-refractivity contribution in [3.8, 4) is 17.9 Å². The van der Waals surface area contributed by atoms with Gasteiger partial charge in [0.2, 0.25) is 11.4 Å². The van der Waals surface area contributed by atoms with Crippen molar-refractivity contribution in [1.29, 1.82) is 10.5 Å². The number of anilines is 1. The molecule has 0 N–H and O–H groups in total. The zero-order valence-corrected chi connectivity index (χ0v) is 17.1. The van der Waals surface area contributed by atoms with Gasteiger partial charge in [0.1, 0.15) is 5.75 Å². The summed E-state index contributed by atoms with van der Waals surface area (Å²) in [6.45, 7) is 0. The molecule has 1 amide bonds. The Morgan fingerprint density at radius 3 is 2.35 bits per heavy atom. The van der Waals surface area contributed by atoms with E-state index in [0.29, 0.717) is 22.6 Å². The third-order valence-electron chi connectivity index (χ3n) is 6.21. The molecule has 31 heavy (non-hydrogen) atoms. The summed E-state index contributed by atoms with van der Waals surface area (Å²) in [5.41, 5.74) is -4.92. The number of esters is 1. The second kappa shape index (κ2) is 6.68. The SMILES string of the molecule is COC(=O)[C@@]1(c2ccccc2)N=CC(C#N)(C#N)[C@@]12C(=O)N(C)c1cc(OC)ccc12. The van der Waals surface area contributed by atoms with E-state index < -0.39 is 28.2 Å². The minimum absolute atomic E-state index is 0.329. The van der Waals surface area contributed by atoms with Crippen LogP contribution in [-0.2, 0) is 25.3 Å². The Balaban J connectivity index is 2.22. The van der Waals surface area contributed by atoms with Crippen LogP contribution in [0.2, 0.25) is 0 Å². The van der Waals surface area contributed by atoms with Crippen LogP contribution in [0, 0.1) is 28.1 Å². The van der Waals surface area contributed by atoms with Crippen LogP contribution in [0.25, 0.3) is 0 Å². The Morgan fingerprint density at radius 1 is 1.10 bits per heavy atom. The van der Waals surface area contributed by atoms with Crippen LogP contribution >= 0.6 is 0 Å². The number of rotatable bonds is 3. The number of amides is 1. The van der Waals surface area contributed by atoms with E-state index in [2.05, 4.69) is 4.99 Å². The van der Waals surface area contributed by atoms with Crippen LogP contribution < -0.4 is 9.64 Å². The molecule has 0 saturated carbocycles. The lowest BCUT2D eigenvalue weighted by Gasteiger charge is -2.42. The summed E-state index contributed by atoms with van der Waals surface area (Å²) in [7, 11) is 4.21. The fourth-order valence-corrected chi connectivity index (χ4v) is 4.80. The van der Waals surface area contributed by atoms with E-state index in [1.54, 1.807) is 48.5 Å². The minimum Gasteiger partial charge on any atom is -0.497 e. The van der Waals surface area contributed by atoms with Crippen molar-refractivity contribution in [3.05, 3.63) is 59.7 Å². The Bertz CT molecular complexity index is 1200. The van der Waals surface area contributed by atoms with Gasteiger partial charge in [0, 0.05) is 19.3 Å². The van der Waals surface area contributed by atoms with Crippen LogP contribution in [0.1, 0.15) is 11.1 Å². The molecule has 0 unspecified atom stereocenters. The van der Waals surface area contributed by atoms with Crippen molar-refractivity contribution >= 4 is 23.8 Å². The Labute approximate surface area is 178 Å².